The Kier molecular flexibility index (Phi) is 4.88. The molecule has 0 saturated carbocycles. The maximum Gasteiger partial charge on any atom is 0.142 e. The molecule has 2 aromatic rings. The largest absolute Gasteiger partial charge is 0.497 e. The van der Waals surface area contributed by atoms with Gasteiger partial charge in [0.25, 0.3) is 0 Å². The third-order valence-corrected chi connectivity index (χ3v) is 4.27. The number of nitriles is 2. The van der Waals surface area contributed by atoms with E-state index in [9.17, 15) is 5.26 Å². The molecule has 1 aromatic heterocycles. The Labute approximate surface area is 133 Å². The van der Waals surface area contributed by atoms with Gasteiger partial charge in [-0.05, 0) is 30.7 Å². The van der Waals surface area contributed by atoms with Crippen LogP contribution in [0.1, 0.15) is 28.9 Å². The number of rotatable bonds is 4. The molecule has 0 aliphatic heterocycles. The number of thioether (sulfide) groups is 1. The highest BCUT2D eigenvalue weighted by atomic mass is 32.2. The molecule has 0 radical (unpaired) electrons. The maximum atomic E-state index is 9.22. The van der Waals surface area contributed by atoms with Gasteiger partial charge < -0.3 is 10.5 Å². The third-order valence-electron chi connectivity index (χ3n) is 3.11. The number of anilines is 1. The average Bonchev–Trinajstić information content (AvgIpc) is 2.55. The number of aromatic nitrogens is 1. The topological polar surface area (TPSA) is 95.7 Å². The molecule has 1 aromatic carbocycles. The number of hydrogen-bond donors (Lipinski definition) is 1. The zero-order chi connectivity index (χ0) is 16.1. The number of benzene rings is 1. The quantitative estimate of drug-likeness (QED) is 0.871. The molecule has 0 saturated heterocycles. The van der Waals surface area contributed by atoms with Crippen LogP contribution in [0, 0.1) is 22.7 Å². The van der Waals surface area contributed by atoms with Crippen LogP contribution < -0.4 is 10.5 Å². The summed E-state index contributed by atoms with van der Waals surface area (Å²) in [7, 11) is 1.62. The van der Waals surface area contributed by atoms with E-state index in [2.05, 4.69) is 11.1 Å². The maximum absolute atomic E-state index is 9.22. The lowest BCUT2D eigenvalue weighted by atomic mass is 10.1. The standard InChI is InChI=1S/C16H14N4OS/c1-10(11-4-3-5-14(7-11)21-2)22-16-13(9-18)6-12(8-17)15(19)20-16/h3-7,10H,1-2H3,(H2,19,20). The van der Waals surface area contributed by atoms with E-state index in [1.54, 1.807) is 7.11 Å². The molecular formula is C16H14N4OS. The summed E-state index contributed by atoms with van der Waals surface area (Å²) in [6.45, 7) is 2.01. The molecule has 1 heterocycles. The Bertz CT molecular complexity index is 777. The number of methoxy groups -OCH3 is 1. The van der Waals surface area contributed by atoms with Crippen molar-refractivity contribution in [3.63, 3.8) is 0 Å². The third kappa shape index (κ3) is 3.30. The SMILES string of the molecule is COc1cccc(C(C)Sc2nc(N)c(C#N)cc2C#N)c1. The molecule has 2 N–H and O–H groups in total. The van der Waals surface area contributed by atoms with Gasteiger partial charge in [0.15, 0.2) is 0 Å². The Morgan fingerprint density at radius 2 is 1.95 bits per heavy atom. The normalized spacial score (nSPS) is 11.3. The van der Waals surface area contributed by atoms with Crippen LogP contribution >= 0.6 is 11.8 Å². The predicted molar refractivity (Wildman–Crippen MR) is 85.3 cm³/mol. The van der Waals surface area contributed by atoms with Gasteiger partial charge in [0.2, 0.25) is 0 Å². The van der Waals surface area contributed by atoms with Crippen molar-refractivity contribution in [1.82, 2.24) is 4.98 Å². The van der Waals surface area contributed by atoms with Crippen LogP contribution in [-0.4, -0.2) is 12.1 Å². The van der Waals surface area contributed by atoms with Crippen molar-refractivity contribution in [1.29, 1.82) is 10.5 Å². The summed E-state index contributed by atoms with van der Waals surface area (Å²) in [5.41, 5.74) is 7.36. The molecule has 22 heavy (non-hydrogen) atoms. The van der Waals surface area contributed by atoms with Crippen LogP contribution in [0.4, 0.5) is 5.82 Å². The molecule has 2 rings (SSSR count). The fourth-order valence-electron chi connectivity index (χ4n) is 1.90. The van der Waals surface area contributed by atoms with E-state index in [0.717, 1.165) is 11.3 Å². The molecular weight excluding hydrogens is 296 g/mol. The number of ether oxygens (including phenoxy) is 1. The highest BCUT2D eigenvalue weighted by molar-refractivity contribution is 7.99. The number of nitrogens with two attached hydrogens (primary N) is 1. The Morgan fingerprint density at radius 1 is 1.23 bits per heavy atom. The van der Waals surface area contributed by atoms with Gasteiger partial charge in [-0.1, -0.05) is 23.9 Å². The monoisotopic (exact) mass is 310 g/mol. The van der Waals surface area contributed by atoms with Gasteiger partial charge >= 0.3 is 0 Å². The molecule has 6 heteroatoms. The highest BCUT2D eigenvalue weighted by Crippen LogP contribution is 2.37. The van der Waals surface area contributed by atoms with Gasteiger partial charge in [-0.25, -0.2) is 4.98 Å². The van der Waals surface area contributed by atoms with Crippen LogP contribution in [0.3, 0.4) is 0 Å². The number of hydrogen-bond acceptors (Lipinski definition) is 6. The second-order valence-electron chi connectivity index (χ2n) is 4.53. The van der Waals surface area contributed by atoms with Crippen molar-refractivity contribution < 1.29 is 4.74 Å². The lowest BCUT2D eigenvalue weighted by Gasteiger charge is -2.13. The van der Waals surface area contributed by atoms with Crippen LogP contribution in [-0.2, 0) is 0 Å². The molecule has 0 spiro atoms. The second kappa shape index (κ2) is 6.84. The van der Waals surface area contributed by atoms with E-state index in [1.165, 1.54) is 17.8 Å². The summed E-state index contributed by atoms with van der Waals surface area (Å²) in [5, 5.41) is 18.7. The summed E-state index contributed by atoms with van der Waals surface area (Å²) >= 11 is 1.42. The molecule has 0 aliphatic rings. The van der Waals surface area contributed by atoms with Crippen LogP contribution in [0.5, 0.6) is 5.75 Å². The van der Waals surface area contributed by atoms with E-state index in [4.69, 9.17) is 15.7 Å². The molecule has 5 nitrogen and oxygen atoms in total. The first-order valence-electron chi connectivity index (χ1n) is 6.50. The minimum absolute atomic E-state index is 0.0574. The van der Waals surface area contributed by atoms with E-state index in [1.807, 2.05) is 37.3 Å². The van der Waals surface area contributed by atoms with E-state index >= 15 is 0 Å². The fraction of sp³-hybridized carbons (Fsp3) is 0.188. The van der Waals surface area contributed by atoms with Crippen molar-refractivity contribution in [2.75, 3.05) is 12.8 Å². The summed E-state index contributed by atoms with van der Waals surface area (Å²) in [5.74, 6) is 0.916. The number of nitrogen functional groups attached to an aromatic ring is 1. The molecule has 0 amide bonds. The van der Waals surface area contributed by atoms with E-state index in [-0.39, 0.29) is 16.6 Å². The average molecular weight is 310 g/mol. The van der Waals surface area contributed by atoms with Gasteiger partial charge in [-0.2, -0.15) is 10.5 Å². The van der Waals surface area contributed by atoms with E-state index in [0.29, 0.717) is 10.6 Å². The zero-order valence-corrected chi connectivity index (χ0v) is 13.0. The van der Waals surface area contributed by atoms with E-state index < -0.39 is 0 Å². The van der Waals surface area contributed by atoms with Gasteiger partial charge in [0.1, 0.15) is 28.7 Å². The van der Waals surface area contributed by atoms with Crippen molar-refractivity contribution in [2.45, 2.75) is 17.2 Å². The summed E-state index contributed by atoms with van der Waals surface area (Å²) in [4.78, 5) is 4.19. The van der Waals surface area contributed by atoms with Gasteiger partial charge in [-0.3, -0.25) is 0 Å². The Balaban J connectivity index is 2.32. The molecule has 1 atom stereocenters. The molecule has 0 bridgehead atoms. The predicted octanol–water partition coefficient (Wildman–Crippen LogP) is 3.27. The van der Waals surface area contributed by atoms with Crippen LogP contribution in [0.2, 0.25) is 0 Å². The van der Waals surface area contributed by atoms with Gasteiger partial charge in [0.05, 0.1) is 18.2 Å². The number of nitrogens with zero attached hydrogens (tertiary/aromatic N) is 3. The van der Waals surface area contributed by atoms with Crippen LogP contribution in [0.25, 0.3) is 0 Å². The Morgan fingerprint density at radius 3 is 2.59 bits per heavy atom. The molecule has 1 unspecified atom stereocenters. The summed E-state index contributed by atoms with van der Waals surface area (Å²) in [6.07, 6.45) is 0. The summed E-state index contributed by atoms with van der Waals surface area (Å²) < 4.78 is 5.22. The minimum Gasteiger partial charge on any atom is -0.497 e. The second-order valence-corrected chi connectivity index (χ2v) is 5.86. The lowest BCUT2D eigenvalue weighted by Crippen LogP contribution is -2.00. The van der Waals surface area contributed by atoms with Crippen molar-refractivity contribution in [3.05, 3.63) is 47.0 Å². The van der Waals surface area contributed by atoms with Crippen molar-refractivity contribution >= 4 is 17.6 Å². The smallest absolute Gasteiger partial charge is 0.142 e. The first-order valence-corrected chi connectivity index (χ1v) is 7.38. The van der Waals surface area contributed by atoms with Crippen molar-refractivity contribution in [2.24, 2.45) is 0 Å². The first kappa shape index (κ1) is 15.7. The fourth-order valence-corrected chi connectivity index (χ4v) is 2.90. The first-order chi connectivity index (χ1) is 10.6. The van der Waals surface area contributed by atoms with Gasteiger partial charge in [-0.15, -0.1) is 0 Å². The minimum atomic E-state index is 0.0574. The van der Waals surface area contributed by atoms with Crippen LogP contribution in [0.15, 0.2) is 35.4 Å². The zero-order valence-electron chi connectivity index (χ0n) is 12.2. The molecule has 0 fully saturated rings. The van der Waals surface area contributed by atoms with Gasteiger partial charge in [0, 0.05) is 5.25 Å². The molecule has 110 valence electrons. The summed E-state index contributed by atoms with van der Waals surface area (Å²) in [6, 6.07) is 13.2. The highest BCUT2D eigenvalue weighted by Gasteiger charge is 2.15. The molecule has 0 aliphatic carbocycles. The van der Waals surface area contributed by atoms with Crippen molar-refractivity contribution in [3.8, 4) is 17.9 Å². The lowest BCUT2D eigenvalue weighted by molar-refractivity contribution is 0.414. The Hall–Kier alpha value is -2.70. The number of pyridine rings is 1.